The Hall–Kier alpha value is -2.32. The van der Waals surface area contributed by atoms with Crippen LogP contribution in [0.3, 0.4) is 0 Å². The van der Waals surface area contributed by atoms with Crippen LogP contribution in [0, 0.1) is 0 Å². The molecule has 0 spiro atoms. The average molecular weight is 333 g/mol. The van der Waals surface area contributed by atoms with Gasteiger partial charge in [-0.15, -0.1) is 0 Å². The molecule has 0 atom stereocenters. The smallest absolute Gasteiger partial charge is 0.227 e. The number of aromatic nitrogens is 2. The average Bonchev–Trinajstić information content (AvgIpc) is 2.61. The van der Waals surface area contributed by atoms with Crippen LogP contribution < -0.4 is 20.1 Å². The quantitative estimate of drug-likeness (QED) is 0.809. The van der Waals surface area contributed by atoms with Crippen LogP contribution in [0.1, 0.15) is 0 Å². The lowest BCUT2D eigenvalue weighted by Gasteiger charge is -2.34. The van der Waals surface area contributed by atoms with Crippen molar-refractivity contribution < 1.29 is 14.6 Å². The van der Waals surface area contributed by atoms with E-state index in [0.29, 0.717) is 29.8 Å². The zero-order valence-corrected chi connectivity index (χ0v) is 14.0. The summed E-state index contributed by atoms with van der Waals surface area (Å²) < 4.78 is 10.6. The maximum absolute atomic E-state index is 9.03. The number of piperazine rings is 1. The van der Waals surface area contributed by atoms with Crippen molar-refractivity contribution in [3.8, 4) is 11.5 Å². The second-order valence-electron chi connectivity index (χ2n) is 5.69. The molecule has 0 saturated carbocycles. The first-order valence-corrected chi connectivity index (χ1v) is 7.93. The van der Waals surface area contributed by atoms with Gasteiger partial charge in [0.1, 0.15) is 5.82 Å². The van der Waals surface area contributed by atoms with Crippen LogP contribution in [-0.4, -0.2) is 73.5 Å². The normalized spacial score (nSPS) is 15.7. The van der Waals surface area contributed by atoms with Crippen LogP contribution in [0.25, 0.3) is 10.9 Å². The molecule has 3 N–H and O–H groups in total. The third kappa shape index (κ3) is 3.15. The number of β-amino-alcohol motifs (C(OH)–C–C–N with tert-alkyl or cyclic N) is 1. The molecule has 1 saturated heterocycles. The molecule has 2 aromatic rings. The van der Waals surface area contributed by atoms with Gasteiger partial charge in [0.2, 0.25) is 5.95 Å². The Balaban J connectivity index is 1.90. The Morgan fingerprint density at radius 1 is 1.08 bits per heavy atom. The number of hydrogen-bond donors (Lipinski definition) is 2. The first-order valence-electron chi connectivity index (χ1n) is 7.93. The van der Waals surface area contributed by atoms with Crippen LogP contribution in [0.2, 0.25) is 0 Å². The number of nitrogens with two attached hydrogens (primary N) is 1. The molecule has 1 aliphatic rings. The van der Waals surface area contributed by atoms with E-state index in [1.165, 1.54) is 0 Å². The fourth-order valence-corrected chi connectivity index (χ4v) is 2.92. The highest BCUT2D eigenvalue weighted by Crippen LogP contribution is 2.34. The van der Waals surface area contributed by atoms with Crippen molar-refractivity contribution in [2.45, 2.75) is 0 Å². The highest BCUT2D eigenvalue weighted by atomic mass is 16.5. The Morgan fingerprint density at radius 2 is 1.75 bits per heavy atom. The van der Waals surface area contributed by atoms with Crippen LogP contribution in [0.4, 0.5) is 11.8 Å². The monoisotopic (exact) mass is 333 g/mol. The number of nitrogens with zero attached hydrogens (tertiary/aromatic N) is 4. The molecule has 3 rings (SSSR count). The van der Waals surface area contributed by atoms with Gasteiger partial charge in [0.05, 0.1) is 26.3 Å². The molecule has 8 heteroatoms. The van der Waals surface area contributed by atoms with E-state index >= 15 is 0 Å². The first-order chi connectivity index (χ1) is 11.7. The van der Waals surface area contributed by atoms with E-state index in [1.807, 2.05) is 6.07 Å². The number of methoxy groups -OCH3 is 2. The highest BCUT2D eigenvalue weighted by Gasteiger charge is 2.20. The molecule has 0 unspecified atom stereocenters. The van der Waals surface area contributed by atoms with E-state index in [0.717, 1.165) is 37.1 Å². The van der Waals surface area contributed by atoms with E-state index in [2.05, 4.69) is 19.8 Å². The van der Waals surface area contributed by atoms with Gasteiger partial charge >= 0.3 is 0 Å². The van der Waals surface area contributed by atoms with Gasteiger partial charge in [-0.05, 0) is 6.07 Å². The van der Waals surface area contributed by atoms with Gasteiger partial charge in [0.25, 0.3) is 0 Å². The number of hydrogen-bond acceptors (Lipinski definition) is 8. The molecule has 0 radical (unpaired) electrons. The summed E-state index contributed by atoms with van der Waals surface area (Å²) in [7, 11) is 3.18. The zero-order valence-electron chi connectivity index (χ0n) is 14.0. The van der Waals surface area contributed by atoms with Crippen molar-refractivity contribution in [3.05, 3.63) is 12.1 Å². The fraction of sp³-hybridized carbons (Fsp3) is 0.500. The molecule has 8 nitrogen and oxygen atoms in total. The summed E-state index contributed by atoms with van der Waals surface area (Å²) in [5.41, 5.74) is 6.87. The van der Waals surface area contributed by atoms with Gasteiger partial charge in [0, 0.05) is 44.2 Å². The lowest BCUT2D eigenvalue weighted by molar-refractivity contribution is 0.188. The molecule has 1 aromatic heterocycles. The van der Waals surface area contributed by atoms with Gasteiger partial charge in [-0.3, -0.25) is 4.90 Å². The summed E-state index contributed by atoms with van der Waals surface area (Å²) >= 11 is 0. The molecule has 2 heterocycles. The number of rotatable bonds is 5. The molecule has 24 heavy (non-hydrogen) atoms. The SMILES string of the molecule is COc1cc2nc(N3CCN(CCO)CC3)nc(N)c2cc1OC. The summed E-state index contributed by atoms with van der Waals surface area (Å²) in [6.45, 7) is 4.23. The molecule has 1 fully saturated rings. The van der Waals surface area contributed by atoms with Crippen molar-refractivity contribution >= 4 is 22.7 Å². The lowest BCUT2D eigenvalue weighted by atomic mass is 10.2. The first kappa shape index (κ1) is 16.5. The number of aliphatic hydroxyl groups is 1. The number of benzene rings is 1. The van der Waals surface area contributed by atoms with Crippen molar-refractivity contribution in [2.24, 2.45) is 0 Å². The summed E-state index contributed by atoms with van der Waals surface area (Å²) in [5.74, 6) is 2.26. The zero-order chi connectivity index (χ0) is 17.1. The minimum absolute atomic E-state index is 0.182. The number of nitrogen functional groups attached to an aromatic ring is 1. The third-order valence-corrected chi connectivity index (χ3v) is 4.29. The third-order valence-electron chi connectivity index (χ3n) is 4.29. The highest BCUT2D eigenvalue weighted by molar-refractivity contribution is 5.91. The van der Waals surface area contributed by atoms with Gasteiger partial charge in [-0.2, -0.15) is 4.98 Å². The maximum Gasteiger partial charge on any atom is 0.227 e. The van der Waals surface area contributed by atoms with E-state index in [9.17, 15) is 0 Å². The Labute approximate surface area is 140 Å². The van der Waals surface area contributed by atoms with Gasteiger partial charge in [-0.25, -0.2) is 4.98 Å². The summed E-state index contributed by atoms with van der Waals surface area (Å²) in [4.78, 5) is 13.4. The van der Waals surface area contributed by atoms with Crippen molar-refractivity contribution in [1.82, 2.24) is 14.9 Å². The molecular formula is C16H23N5O3. The number of aliphatic hydroxyl groups excluding tert-OH is 1. The lowest BCUT2D eigenvalue weighted by Crippen LogP contribution is -2.47. The minimum atomic E-state index is 0.182. The number of ether oxygens (including phenoxy) is 2. The molecule has 1 aliphatic heterocycles. The van der Waals surface area contributed by atoms with Crippen molar-refractivity contribution in [1.29, 1.82) is 0 Å². The minimum Gasteiger partial charge on any atom is -0.493 e. The number of fused-ring (bicyclic) bond motifs is 1. The largest absolute Gasteiger partial charge is 0.493 e. The van der Waals surface area contributed by atoms with E-state index in [1.54, 1.807) is 20.3 Å². The van der Waals surface area contributed by atoms with Crippen molar-refractivity contribution in [2.75, 3.05) is 64.2 Å². The summed E-state index contributed by atoms with van der Waals surface area (Å²) in [6, 6.07) is 3.62. The van der Waals surface area contributed by atoms with E-state index in [4.69, 9.17) is 20.3 Å². The molecular weight excluding hydrogens is 310 g/mol. The summed E-state index contributed by atoms with van der Waals surface area (Å²) in [6.07, 6.45) is 0. The molecule has 1 aromatic carbocycles. The molecule has 130 valence electrons. The van der Waals surface area contributed by atoms with Crippen LogP contribution in [0.15, 0.2) is 12.1 Å². The van der Waals surface area contributed by atoms with Gasteiger partial charge in [0.15, 0.2) is 11.5 Å². The van der Waals surface area contributed by atoms with Gasteiger partial charge < -0.3 is 25.2 Å². The maximum atomic E-state index is 9.03. The van der Waals surface area contributed by atoms with E-state index < -0.39 is 0 Å². The standard InChI is InChI=1S/C16H23N5O3/c1-23-13-9-11-12(10-14(13)24-2)18-16(19-15(11)17)21-5-3-20(4-6-21)7-8-22/h9-10,22H,3-8H2,1-2H3,(H2,17,18,19). The van der Waals surface area contributed by atoms with Crippen LogP contribution in [0.5, 0.6) is 11.5 Å². The molecule has 0 aliphatic carbocycles. The van der Waals surface area contributed by atoms with Crippen LogP contribution >= 0.6 is 0 Å². The van der Waals surface area contributed by atoms with Crippen LogP contribution in [-0.2, 0) is 0 Å². The van der Waals surface area contributed by atoms with E-state index in [-0.39, 0.29) is 6.61 Å². The predicted octanol–water partition coefficient (Wildman–Crippen LogP) is 0.343. The summed E-state index contributed by atoms with van der Waals surface area (Å²) in [5, 5.41) is 9.78. The molecule has 0 amide bonds. The second-order valence-corrected chi connectivity index (χ2v) is 5.69. The molecule has 0 bridgehead atoms. The second kappa shape index (κ2) is 7.06. The van der Waals surface area contributed by atoms with Crippen molar-refractivity contribution in [3.63, 3.8) is 0 Å². The topological polar surface area (TPSA) is 97.0 Å². The fourth-order valence-electron chi connectivity index (χ4n) is 2.92. The predicted molar refractivity (Wildman–Crippen MR) is 92.8 cm³/mol. The Kier molecular flexibility index (Phi) is 4.86. The van der Waals surface area contributed by atoms with Gasteiger partial charge in [-0.1, -0.05) is 0 Å². The number of anilines is 2. The Bertz CT molecular complexity index is 716. The Morgan fingerprint density at radius 3 is 2.38 bits per heavy atom.